The Kier molecular flexibility index (Phi) is 4.62. The van der Waals surface area contributed by atoms with Gasteiger partial charge >= 0.3 is 0 Å². The number of fused-ring (bicyclic) bond motifs is 1. The Bertz CT molecular complexity index is 587. The van der Waals surface area contributed by atoms with E-state index < -0.39 is 0 Å². The molecule has 0 radical (unpaired) electrons. The maximum absolute atomic E-state index is 12.6. The number of aromatic nitrogens is 1. The van der Waals surface area contributed by atoms with E-state index in [1.165, 1.54) is 19.3 Å². The summed E-state index contributed by atoms with van der Waals surface area (Å²) >= 11 is 1.67. The molecule has 1 aromatic heterocycles. The molecule has 3 fully saturated rings. The largest absolute Gasteiger partial charge is 0.375 e. The Morgan fingerprint density at radius 1 is 1.33 bits per heavy atom. The summed E-state index contributed by atoms with van der Waals surface area (Å²) < 4.78 is 5.33. The normalized spacial score (nSPS) is 31.1. The van der Waals surface area contributed by atoms with Crippen LogP contribution < -0.4 is 0 Å². The van der Waals surface area contributed by atoms with Gasteiger partial charge in [0.05, 0.1) is 5.69 Å². The molecule has 3 atom stereocenters. The van der Waals surface area contributed by atoms with Crippen molar-refractivity contribution in [1.29, 1.82) is 0 Å². The molecule has 132 valence electrons. The quantitative estimate of drug-likeness (QED) is 0.819. The van der Waals surface area contributed by atoms with Gasteiger partial charge in [-0.25, -0.2) is 4.98 Å². The van der Waals surface area contributed by atoms with Crippen molar-refractivity contribution < 1.29 is 9.53 Å². The van der Waals surface area contributed by atoms with E-state index in [-0.39, 0.29) is 6.10 Å². The summed E-state index contributed by atoms with van der Waals surface area (Å²) in [5.74, 6) is 2.27. The van der Waals surface area contributed by atoms with Crippen molar-refractivity contribution >= 4 is 17.2 Å². The molecule has 1 aliphatic heterocycles. The first-order valence-electron chi connectivity index (χ1n) is 9.15. The number of methoxy groups -OCH3 is 1. The molecule has 5 nitrogen and oxygen atoms in total. The zero-order valence-electron chi connectivity index (χ0n) is 14.6. The van der Waals surface area contributed by atoms with Crippen LogP contribution in [0.15, 0.2) is 5.38 Å². The van der Waals surface area contributed by atoms with Crippen LogP contribution in [-0.4, -0.2) is 54.0 Å². The van der Waals surface area contributed by atoms with Gasteiger partial charge in [0.2, 0.25) is 5.91 Å². The van der Waals surface area contributed by atoms with Crippen LogP contribution in [0.4, 0.5) is 0 Å². The highest BCUT2D eigenvalue weighted by Crippen LogP contribution is 2.58. The zero-order chi connectivity index (χ0) is 16.7. The number of carbonyl (C=O) groups excluding carboxylic acids is 1. The van der Waals surface area contributed by atoms with Crippen LogP contribution in [0.25, 0.3) is 0 Å². The van der Waals surface area contributed by atoms with Gasteiger partial charge in [-0.15, -0.1) is 11.3 Å². The molecular weight excluding hydrogens is 322 g/mol. The first-order valence-corrected chi connectivity index (χ1v) is 10.0. The van der Waals surface area contributed by atoms with Crippen molar-refractivity contribution in [2.24, 2.45) is 17.8 Å². The average molecular weight is 350 g/mol. The second kappa shape index (κ2) is 6.73. The van der Waals surface area contributed by atoms with Crippen LogP contribution in [0.3, 0.4) is 0 Å². The van der Waals surface area contributed by atoms with Gasteiger partial charge in [-0.3, -0.25) is 9.69 Å². The second-order valence-corrected chi connectivity index (χ2v) is 8.33. The molecule has 1 amide bonds. The number of carbonyl (C=O) groups is 1. The maximum atomic E-state index is 12.6. The third-order valence-electron chi connectivity index (χ3n) is 6.03. The summed E-state index contributed by atoms with van der Waals surface area (Å²) in [7, 11) is 1.72. The first kappa shape index (κ1) is 16.5. The van der Waals surface area contributed by atoms with Gasteiger partial charge in [0, 0.05) is 51.1 Å². The Morgan fingerprint density at radius 3 is 2.71 bits per heavy atom. The van der Waals surface area contributed by atoms with Gasteiger partial charge in [0.15, 0.2) is 0 Å². The van der Waals surface area contributed by atoms with E-state index in [1.54, 1.807) is 18.4 Å². The number of ether oxygens (including phenoxy) is 1. The molecule has 0 aromatic carbocycles. The SMILES string of the molecule is CO[C@H](C)c1nc(CN2CCN(C(=O)C3[C@@H]4CCC[C@@H]34)CC2)cs1. The monoisotopic (exact) mass is 349 g/mol. The number of piperazine rings is 1. The van der Waals surface area contributed by atoms with Crippen LogP contribution in [0, 0.1) is 17.8 Å². The maximum Gasteiger partial charge on any atom is 0.226 e. The van der Waals surface area contributed by atoms with E-state index in [1.807, 2.05) is 6.92 Å². The molecule has 0 unspecified atom stereocenters. The van der Waals surface area contributed by atoms with Crippen molar-refractivity contribution in [3.05, 3.63) is 16.1 Å². The molecule has 3 aliphatic rings. The molecule has 0 bridgehead atoms. The van der Waals surface area contributed by atoms with Gasteiger partial charge in [-0.2, -0.15) is 0 Å². The molecule has 2 heterocycles. The second-order valence-electron chi connectivity index (χ2n) is 7.44. The smallest absolute Gasteiger partial charge is 0.226 e. The molecule has 2 aliphatic carbocycles. The number of hydrogen-bond donors (Lipinski definition) is 0. The van der Waals surface area contributed by atoms with E-state index in [0.717, 1.165) is 55.3 Å². The molecule has 6 heteroatoms. The van der Waals surface area contributed by atoms with Crippen LogP contribution in [-0.2, 0) is 16.1 Å². The molecule has 4 rings (SSSR count). The number of hydrogen-bond acceptors (Lipinski definition) is 5. The van der Waals surface area contributed by atoms with Crippen molar-refractivity contribution in [3.8, 4) is 0 Å². The minimum atomic E-state index is 0.0659. The van der Waals surface area contributed by atoms with Crippen LogP contribution in [0.1, 0.15) is 43.0 Å². The molecular formula is C18H27N3O2S. The topological polar surface area (TPSA) is 45.7 Å². The van der Waals surface area contributed by atoms with Crippen LogP contribution >= 0.6 is 11.3 Å². The lowest BCUT2D eigenvalue weighted by atomic mass is 10.1. The molecule has 24 heavy (non-hydrogen) atoms. The van der Waals surface area contributed by atoms with E-state index >= 15 is 0 Å². The molecule has 1 saturated heterocycles. The van der Waals surface area contributed by atoms with E-state index in [4.69, 9.17) is 4.74 Å². The fourth-order valence-electron chi connectivity index (χ4n) is 4.44. The molecule has 1 aromatic rings. The van der Waals surface area contributed by atoms with Gasteiger partial charge in [0.1, 0.15) is 11.1 Å². The summed E-state index contributed by atoms with van der Waals surface area (Å²) in [6.07, 6.45) is 3.97. The predicted octanol–water partition coefficient (Wildman–Crippen LogP) is 2.54. The van der Waals surface area contributed by atoms with Crippen LogP contribution in [0.5, 0.6) is 0 Å². The lowest BCUT2D eigenvalue weighted by molar-refractivity contribution is -0.135. The van der Waals surface area contributed by atoms with Gasteiger partial charge < -0.3 is 9.64 Å². The number of thiazole rings is 1. The summed E-state index contributed by atoms with van der Waals surface area (Å²) in [5.41, 5.74) is 1.12. The van der Waals surface area contributed by atoms with Crippen molar-refractivity contribution in [2.75, 3.05) is 33.3 Å². The van der Waals surface area contributed by atoms with Gasteiger partial charge in [-0.1, -0.05) is 6.42 Å². The molecule has 0 spiro atoms. The fraction of sp³-hybridized carbons (Fsp3) is 0.778. The highest BCUT2D eigenvalue weighted by atomic mass is 32.1. The fourth-order valence-corrected chi connectivity index (χ4v) is 5.28. The molecule has 2 saturated carbocycles. The Hall–Kier alpha value is -0.980. The first-order chi connectivity index (χ1) is 11.7. The highest BCUT2D eigenvalue weighted by molar-refractivity contribution is 7.09. The summed E-state index contributed by atoms with van der Waals surface area (Å²) in [6.45, 7) is 6.57. The number of rotatable bonds is 5. The minimum absolute atomic E-state index is 0.0659. The summed E-state index contributed by atoms with van der Waals surface area (Å²) in [4.78, 5) is 21.8. The van der Waals surface area contributed by atoms with Crippen molar-refractivity contribution in [1.82, 2.24) is 14.8 Å². The highest BCUT2D eigenvalue weighted by Gasteiger charge is 2.57. The lowest BCUT2D eigenvalue weighted by Gasteiger charge is -2.34. The van der Waals surface area contributed by atoms with Gasteiger partial charge in [-0.05, 0) is 31.6 Å². The van der Waals surface area contributed by atoms with Crippen LogP contribution in [0.2, 0.25) is 0 Å². The number of amides is 1. The zero-order valence-corrected chi connectivity index (χ0v) is 15.4. The Labute approximate surface area is 148 Å². The summed E-state index contributed by atoms with van der Waals surface area (Å²) in [6, 6.07) is 0. The van der Waals surface area contributed by atoms with Gasteiger partial charge in [0.25, 0.3) is 0 Å². The average Bonchev–Trinajstić information content (AvgIpc) is 2.97. The Balaban J connectivity index is 1.26. The third kappa shape index (κ3) is 3.11. The minimum Gasteiger partial charge on any atom is -0.375 e. The van der Waals surface area contributed by atoms with Crippen molar-refractivity contribution in [2.45, 2.75) is 38.8 Å². The molecule has 0 N–H and O–H groups in total. The predicted molar refractivity (Wildman–Crippen MR) is 93.7 cm³/mol. The standard InChI is InChI=1S/C18H27N3O2S/c1-12(23-2)17-19-13(11-24-17)10-20-6-8-21(9-7-20)18(22)16-14-4-3-5-15(14)16/h11-12,14-16H,3-10H2,1-2H3/t12-,14-,15-/m1/s1. The van der Waals surface area contributed by atoms with E-state index in [0.29, 0.717) is 11.8 Å². The lowest BCUT2D eigenvalue weighted by Crippen LogP contribution is -2.49. The number of nitrogens with zero attached hydrogens (tertiary/aromatic N) is 3. The van der Waals surface area contributed by atoms with E-state index in [9.17, 15) is 4.79 Å². The van der Waals surface area contributed by atoms with E-state index in [2.05, 4.69) is 20.2 Å². The summed E-state index contributed by atoms with van der Waals surface area (Å²) in [5, 5.41) is 3.18. The van der Waals surface area contributed by atoms with Crippen molar-refractivity contribution in [3.63, 3.8) is 0 Å². The third-order valence-corrected chi connectivity index (χ3v) is 7.09. The Morgan fingerprint density at radius 2 is 2.04 bits per heavy atom.